The number of carbonyl (C=O) groups excluding carboxylic acids is 2. The Bertz CT molecular complexity index is 1140. The van der Waals surface area contributed by atoms with Crippen LogP contribution in [0.1, 0.15) is 15.4 Å². The first-order valence-electron chi connectivity index (χ1n) is 8.84. The van der Waals surface area contributed by atoms with E-state index < -0.39 is 5.97 Å². The van der Waals surface area contributed by atoms with E-state index in [0.29, 0.717) is 27.6 Å². The van der Waals surface area contributed by atoms with Crippen LogP contribution in [0.2, 0.25) is 5.02 Å². The number of pyridine rings is 2. The number of thiol groups is 1. The highest BCUT2D eigenvalue weighted by atomic mass is 35.5. The van der Waals surface area contributed by atoms with Crippen molar-refractivity contribution in [2.75, 3.05) is 39.9 Å². The molecule has 0 amide bonds. The van der Waals surface area contributed by atoms with Gasteiger partial charge in [-0.1, -0.05) is 11.6 Å². The van der Waals surface area contributed by atoms with Gasteiger partial charge in [0.2, 0.25) is 0 Å². The summed E-state index contributed by atoms with van der Waals surface area (Å²) in [4.78, 5) is 29.5. The third-order valence-electron chi connectivity index (χ3n) is 3.70. The molecule has 0 unspecified atom stereocenters. The van der Waals surface area contributed by atoms with Crippen molar-refractivity contribution >= 4 is 63.4 Å². The molecule has 0 aromatic carbocycles. The fraction of sp³-hybridized carbons (Fsp3) is 0.250. The summed E-state index contributed by atoms with van der Waals surface area (Å²) in [7, 11) is 5.69. The summed E-state index contributed by atoms with van der Waals surface area (Å²) in [5.41, 5.74) is 6.93. The number of hydrogen-bond acceptors (Lipinski definition) is 12. The molecule has 3 heterocycles. The fourth-order valence-corrected chi connectivity index (χ4v) is 3.57. The van der Waals surface area contributed by atoms with Gasteiger partial charge >= 0.3 is 11.9 Å². The number of ether oxygens (including phenoxy) is 4. The number of esters is 2. The number of fused-ring (bicyclic) bond motifs is 1. The van der Waals surface area contributed by atoms with Gasteiger partial charge in [0, 0.05) is 18.5 Å². The second-order valence-corrected chi connectivity index (χ2v) is 7.26. The van der Waals surface area contributed by atoms with Gasteiger partial charge in [-0.15, -0.1) is 11.3 Å². The first-order chi connectivity index (χ1) is 15.8. The minimum absolute atomic E-state index is 0.163. The van der Waals surface area contributed by atoms with Gasteiger partial charge in [-0.25, -0.2) is 9.78 Å². The van der Waals surface area contributed by atoms with Crippen LogP contribution in [0.4, 0.5) is 5.69 Å². The number of methoxy groups -OCH3 is 4. The Kier molecular flexibility index (Phi) is 11.8. The van der Waals surface area contributed by atoms with Crippen molar-refractivity contribution in [1.29, 1.82) is 5.26 Å². The molecule has 0 saturated carbocycles. The van der Waals surface area contributed by atoms with E-state index in [1.807, 2.05) is 6.07 Å². The molecule has 0 saturated heterocycles. The van der Waals surface area contributed by atoms with E-state index in [2.05, 4.69) is 32.1 Å². The highest BCUT2D eigenvalue weighted by molar-refractivity contribution is 7.81. The van der Waals surface area contributed by atoms with Crippen LogP contribution in [-0.2, 0) is 14.3 Å². The van der Waals surface area contributed by atoms with Crippen molar-refractivity contribution in [2.45, 2.75) is 0 Å². The molecule has 2 N–H and O–H groups in total. The van der Waals surface area contributed by atoms with Crippen molar-refractivity contribution in [3.63, 3.8) is 0 Å². The highest BCUT2D eigenvalue weighted by Gasteiger charge is 2.19. The van der Waals surface area contributed by atoms with Gasteiger partial charge < -0.3 is 24.7 Å². The van der Waals surface area contributed by atoms with E-state index in [1.165, 1.54) is 38.9 Å². The molecule has 0 fully saturated rings. The Morgan fingerprint density at radius 1 is 1.12 bits per heavy atom. The SMILES string of the molecule is COC(=O)CS.COC(=O)c1sc2c(OC)ccnc2c1N.COc1ccnc(C#N)c1Cl. The molecular weight excluding hydrogens is 492 g/mol. The number of halogens is 1. The summed E-state index contributed by atoms with van der Waals surface area (Å²) < 4.78 is 19.6. The third-order valence-corrected chi connectivity index (χ3v) is 5.51. The van der Waals surface area contributed by atoms with Crippen molar-refractivity contribution in [2.24, 2.45) is 0 Å². The molecule has 33 heavy (non-hydrogen) atoms. The molecule has 3 rings (SSSR count). The van der Waals surface area contributed by atoms with Gasteiger partial charge in [0.15, 0.2) is 5.69 Å². The summed E-state index contributed by atoms with van der Waals surface area (Å²) in [5.74, 6) is 0.534. The molecule has 0 aliphatic rings. The van der Waals surface area contributed by atoms with E-state index in [4.69, 9.17) is 32.1 Å². The van der Waals surface area contributed by atoms with Crippen molar-refractivity contribution in [3.05, 3.63) is 40.1 Å². The van der Waals surface area contributed by atoms with Crippen LogP contribution in [0.15, 0.2) is 24.5 Å². The molecular formula is C20H21ClN4O6S2. The van der Waals surface area contributed by atoms with Crippen LogP contribution in [-0.4, -0.2) is 56.1 Å². The maximum atomic E-state index is 11.4. The Morgan fingerprint density at radius 2 is 1.73 bits per heavy atom. The zero-order chi connectivity index (χ0) is 25.0. The zero-order valence-electron chi connectivity index (χ0n) is 18.1. The van der Waals surface area contributed by atoms with Crippen molar-refractivity contribution in [3.8, 4) is 17.6 Å². The molecule has 0 aliphatic carbocycles. The second-order valence-electron chi connectivity index (χ2n) is 5.55. The number of nitrogen functional groups attached to an aromatic ring is 1. The van der Waals surface area contributed by atoms with Crippen LogP contribution in [0.5, 0.6) is 11.5 Å². The molecule has 3 aromatic rings. The molecule has 0 spiro atoms. The highest BCUT2D eigenvalue weighted by Crippen LogP contribution is 2.37. The molecule has 0 aliphatic heterocycles. The Labute approximate surface area is 204 Å². The summed E-state index contributed by atoms with van der Waals surface area (Å²) in [6.07, 6.45) is 3.06. The van der Waals surface area contributed by atoms with Gasteiger partial charge in [0.05, 0.1) is 44.6 Å². The summed E-state index contributed by atoms with van der Waals surface area (Å²) in [6.45, 7) is 0. The molecule has 0 radical (unpaired) electrons. The number of carbonyl (C=O) groups is 2. The van der Waals surface area contributed by atoms with Crippen LogP contribution in [0.25, 0.3) is 10.2 Å². The lowest BCUT2D eigenvalue weighted by Gasteiger charge is -2.00. The summed E-state index contributed by atoms with van der Waals surface area (Å²) in [5, 5.41) is 8.75. The molecule has 0 atom stereocenters. The molecule has 10 nitrogen and oxygen atoms in total. The number of nitriles is 1. The number of nitrogens with zero attached hydrogens (tertiary/aromatic N) is 3. The normalized spacial score (nSPS) is 9.36. The van der Waals surface area contributed by atoms with E-state index in [0.717, 1.165) is 4.70 Å². The van der Waals surface area contributed by atoms with Crippen molar-refractivity contribution in [1.82, 2.24) is 9.97 Å². The number of nitrogens with two attached hydrogens (primary N) is 1. The maximum Gasteiger partial charge on any atom is 0.350 e. The monoisotopic (exact) mass is 512 g/mol. The molecule has 176 valence electrons. The number of aromatic nitrogens is 2. The number of rotatable bonds is 4. The summed E-state index contributed by atoms with van der Waals surface area (Å²) in [6, 6.07) is 5.17. The van der Waals surface area contributed by atoms with E-state index in [9.17, 15) is 9.59 Å². The van der Waals surface area contributed by atoms with Crippen molar-refractivity contribution < 1.29 is 28.5 Å². The Balaban J connectivity index is 0.000000278. The van der Waals surface area contributed by atoms with Gasteiger partial charge in [0.1, 0.15) is 33.0 Å². The Morgan fingerprint density at radius 3 is 2.21 bits per heavy atom. The average Bonchev–Trinajstić information content (AvgIpc) is 3.20. The van der Waals surface area contributed by atoms with Gasteiger partial charge in [0.25, 0.3) is 0 Å². The minimum Gasteiger partial charge on any atom is -0.495 e. The first kappa shape index (κ1) is 27.8. The second kappa shape index (κ2) is 14.0. The zero-order valence-corrected chi connectivity index (χ0v) is 20.6. The van der Waals surface area contributed by atoms with E-state index >= 15 is 0 Å². The predicted molar refractivity (Wildman–Crippen MR) is 128 cm³/mol. The molecule has 13 heteroatoms. The summed E-state index contributed by atoms with van der Waals surface area (Å²) >= 11 is 10.5. The fourth-order valence-electron chi connectivity index (χ4n) is 2.12. The van der Waals surface area contributed by atoms with Gasteiger partial charge in [-0.3, -0.25) is 9.78 Å². The predicted octanol–water partition coefficient (Wildman–Crippen LogP) is 3.38. The number of hydrogen-bond donors (Lipinski definition) is 2. The lowest BCUT2D eigenvalue weighted by atomic mass is 10.3. The smallest absolute Gasteiger partial charge is 0.350 e. The van der Waals surface area contributed by atoms with Crippen LogP contribution >= 0.6 is 35.6 Å². The maximum absolute atomic E-state index is 11.4. The minimum atomic E-state index is -0.456. The first-order valence-corrected chi connectivity index (χ1v) is 10.7. The third kappa shape index (κ3) is 7.38. The molecule has 3 aromatic heterocycles. The van der Waals surface area contributed by atoms with Gasteiger partial charge in [-0.05, 0) is 6.07 Å². The largest absolute Gasteiger partial charge is 0.495 e. The van der Waals surface area contributed by atoms with E-state index in [-0.39, 0.29) is 22.4 Å². The lowest BCUT2D eigenvalue weighted by molar-refractivity contribution is -0.137. The van der Waals surface area contributed by atoms with Crippen LogP contribution in [0, 0.1) is 11.3 Å². The number of thiophene rings is 1. The lowest BCUT2D eigenvalue weighted by Crippen LogP contribution is -2.01. The number of anilines is 1. The van der Waals surface area contributed by atoms with E-state index in [1.54, 1.807) is 25.4 Å². The quantitative estimate of drug-likeness (QED) is 0.393. The Hall–Kier alpha value is -3.27. The standard InChI is InChI=1S/C10H10N2O3S.C7H5ClN2O.C3H6O2S/c1-14-5-3-4-12-7-6(11)9(10(13)15-2)16-8(5)7;1-11-6-2-3-10-5(4-9)7(6)8;1-5-3(4)2-6/h3-4H,11H2,1-2H3;2-3H,1H3;6H,2H2,1H3. The van der Waals surface area contributed by atoms with Gasteiger partial charge in [-0.2, -0.15) is 17.9 Å². The van der Waals surface area contributed by atoms with Crippen LogP contribution < -0.4 is 15.2 Å². The average molecular weight is 513 g/mol. The molecule has 0 bridgehead atoms. The topological polar surface area (TPSA) is 147 Å². The van der Waals surface area contributed by atoms with Crippen LogP contribution in [0.3, 0.4) is 0 Å².